The van der Waals surface area contributed by atoms with Crippen molar-refractivity contribution in [1.82, 2.24) is 0 Å². The standard InChI is InChI=1S/C22H18ClNO5S.C15H12ClNO5S/c1-28-19-12-16(11-17(23)21(19)29-13-15-7-3-2-4-8-15)22(25)24-14-30(26,27)20-10-6-5-9-18(20)24;1-22-12-7-9(6-10(16)14(12)18)15(19)17-8-23(20,21)13-5-3-2-4-11(13)17/h2-12H,13-14H2,1H3;2-7,18H,8H2,1H3. The summed E-state index contributed by atoms with van der Waals surface area (Å²) in [4.78, 5) is 28.4. The Morgan fingerprint density at radius 3 is 1.62 bits per heavy atom. The van der Waals surface area contributed by atoms with Gasteiger partial charge in [-0.15, -0.1) is 0 Å². The number of para-hydroxylation sites is 2. The van der Waals surface area contributed by atoms with Gasteiger partial charge in [0.1, 0.15) is 18.4 Å². The molecule has 0 fully saturated rings. The number of fused-ring (bicyclic) bond motifs is 2. The van der Waals surface area contributed by atoms with Crippen molar-refractivity contribution >= 4 is 66.1 Å². The van der Waals surface area contributed by atoms with Gasteiger partial charge in [0.05, 0.1) is 45.4 Å². The van der Waals surface area contributed by atoms with Crippen molar-refractivity contribution in [3.8, 4) is 23.0 Å². The zero-order valence-electron chi connectivity index (χ0n) is 28.0. The first-order valence-electron chi connectivity index (χ1n) is 15.6. The number of hydrogen-bond acceptors (Lipinski definition) is 10. The highest BCUT2D eigenvalue weighted by molar-refractivity contribution is 7.92. The van der Waals surface area contributed by atoms with E-state index in [0.717, 1.165) is 10.5 Å². The van der Waals surface area contributed by atoms with Crippen LogP contribution in [0.2, 0.25) is 10.0 Å². The maximum atomic E-state index is 13.1. The Hall–Kier alpha value is -5.28. The molecule has 0 saturated carbocycles. The Labute approximate surface area is 315 Å². The number of hydrogen-bond donors (Lipinski definition) is 1. The molecule has 0 bridgehead atoms. The second kappa shape index (κ2) is 15.0. The van der Waals surface area contributed by atoms with Gasteiger partial charge in [-0.05, 0) is 54.1 Å². The molecular formula is C37H30Cl2N2O10S2. The lowest BCUT2D eigenvalue weighted by Crippen LogP contribution is -2.30. The van der Waals surface area contributed by atoms with Crippen molar-refractivity contribution in [2.45, 2.75) is 16.4 Å². The summed E-state index contributed by atoms with van der Waals surface area (Å²) in [6, 6.07) is 27.8. The van der Waals surface area contributed by atoms with Crippen molar-refractivity contribution in [2.75, 3.05) is 35.8 Å². The van der Waals surface area contributed by atoms with Crippen LogP contribution < -0.4 is 24.0 Å². The number of phenolic OH excluding ortho intramolecular Hbond substituents is 1. The molecule has 0 aromatic heterocycles. The monoisotopic (exact) mass is 796 g/mol. The van der Waals surface area contributed by atoms with Crippen LogP contribution in [0.1, 0.15) is 26.3 Å². The van der Waals surface area contributed by atoms with Gasteiger partial charge in [-0.3, -0.25) is 19.4 Å². The van der Waals surface area contributed by atoms with Gasteiger partial charge < -0.3 is 19.3 Å². The molecule has 0 saturated heterocycles. The number of phenols is 1. The van der Waals surface area contributed by atoms with Gasteiger partial charge in [0, 0.05) is 11.1 Å². The van der Waals surface area contributed by atoms with E-state index in [9.17, 15) is 31.5 Å². The summed E-state index contributed by atoms with van der Waals surface area (Å²) in [6.07, 6.45) is 0. The average Bonchev–Trinajstić information content (AvgIpc) is 3.60. The van der Waals surface area contributed by atoms with Crippen molar-refractivity contribution in [3.05, 3.63) is 130 Å². The highest BCUT2D eigenvalue weighted by atomic mass is 35.5. The average molecular weight is 798 g/mol. The van der Waals surface area contributed by atoms with E-state index in [0.29, 0.717) is 17.1 Å². The number of nitrogens with zero attached hydrogens (tertiary/aromatic N) is 2. The SMILES string of the molecule is COc1cc(C(=O)N2CS(=O)(=O)c3ccccc32)cc(Cl)c1O.COc1cc(C(=O)N2CS(=O)(=O)c3ccccc32)cc(Cl)c1OCc1ccccc1. The molecule has 274 valence electrons. The molecule has 0 aliphatic carbocycles. The molecule has 2 heterocycles. The quantitative estimate of drug-likeness (QED) is 0.187. The lowest BCUT2D eigenvalue weighted by molar-refractivity contribution is 0.0983. The summed E-state index contributed by atoms with van der Waals surface area (Å²) in [5.41, 5.74) is 1.95. The van der Waals surface area contributed by atoms with E-state index in [2.05, 4.69) is 0 Å². The van der Waals surface area contributed by atoms with Crippen LogP contribution in [-0.2, 0) is 26.3 Å². The first-order valence-corrected chi connectivity index (χ1v) is 19.7. The van der Waals surface area contributed by atoms with Crippen LogP contribution in [0.15, 0.2) is 113 Å². The van der Waals surface area contributed by atoms with Crippen molar-refractivity contribution in [1.29, 1.82) is 0 Å². The molecule has 12 nitrogen and oxygen atoms in total. The number of benzene rings is 5. The first kappa shape index (κ1) is 37.5. The van der Waals surface area contributed by atoms with E-state index in [1.54, 1.807) is 36.4 Å². The van der Waals surface area contributed by atoms with Crippen LogP contribution in [0, 0.1) is 0 Å². The third-order valence-corrected chi connectivity index (χ3v) is 12.1. The molecule has 53 heavy (non-hydrogen) atoms. The molecule has 0 unspecified atom stereocenters. The Morgan fingerprint density at radius 2 is 1.11 bits per heavy atom. The van der Waals surface area contributed by atoms with E-state index in [1.165, 1.54) is 55.5 Å². The van der Waals surface area contributed by atoms with Crippen LogP contribution in [0.4, 0.5) is 11.4 Å². The molecule has 0 spiro atoms. The summed E-state index contributed by atoms with van der Waals surface area (Å²) in [6.45, 7) is 0.280. The maximum absolute atomic E-state index is 13.1. The molecule has 0 atom stereocenters. The second-order valence-corrected chi connectivity index (χ2v) is 16.3. The van der Waals surface area contributed by atoms with E-state index in [4.69, 9.17) is 37.4 Å². The van der Waals surface area contributed by atoms with Gasteiger partial charge in [-0.1, -0.05) is 77.8 Å². The highest BCUT2D eigenvalue weighted by Gasteiger charge is 2.37. The minimum atomic E-state index is -3.56. The van der Waals surface area contributed by atoms with Crippen molar-refractivity contribution in [3.63, 3.8) is 0 Å². The smallest absolute Gasteiger partial charge is 0.259 e. The van der Waals surface area contributed by atoms with E-state index in [-0.39, 0.29) is 54.8 Å². The molecule has 0 radical (unpaired) electrons. The maximum Gasteiger partial charge on any atom is 0.259 e. The Balaban J connectivity index is 0.000000188. The lowest BCUT2D eigenvalue weighted by Gasteiger charge is -2.18. The van der Waals surface area contributed by atoms with Gasteiger partial charge in [0.25, 0.3) is 11.8 Å². The third-order valence-electron chi connectivity index (χ3n) is 8.27. The van der Waals surface area contributed by atoms with Gasteiger partial charge >= 0.3 is 0 Å². The zero-order valence-corrected chi connectivity index (χ0v) is 31.2. The number of methoxy groups -OCH3 is 2. The topological polar surface area (TPSA) is 157 Å². The predicted molar refractivity (Wildman–Crippen MR) is 199 cm³/mol. The van der Waals surface area contributed by atoms with Crippen LogP contribution in [-0.4, -0.2) is 59.7 Å². The number of aromatic hydroxyl groups is 1. The summed E-state index contributed by atoms with van der Waals surface area (Å²) >= 11 is 12.3. The number of carbonyl (C=O) groups excluding carboxylic acids is 2. The Kier molecular flexibility index (Phi) is 10.6. The van der Waals surface area contributed by atoms with Gasteiger partial charge in [0.2, 0.25) is 0 Å². The number of ether oxygens (including phenoxy) is 3. The van der Waals surface area contributed by atoms with Gasteiger partial charge in [-0.2, -0.15) is 0 Å². The molecule has 2 aliphatic rings. The fourth-order valence-corrected chi connectivity index (χ4v) is 9.23. The third kappa shape index (κ3) is 7.49. The Morgan fingerprint density at radius 1 is 0.660 bits per heavy atom. The van der Waals surface area contributed by atoms with Crippen LogP contribution in [0.5, 0.6) is 23.0 Å². The molecular weight excluding hydrogens is 767 g/mol. The van der Waals surface area contributed by atoms with Crippen LogP contribution in [0.25, 0.3) is 0 Å². The summed E-state index contributed by atoms with van der Waals surface area (Å²) in [5, 5.41) is 9.88. The van der Waals surface area contributed by atoms with E-state index >= 15 is 0 Å². The molecule has 16 heteroatoms. The minimum absolute atomic E-state index is 0.0381. The summed E-state index contributed by atoms with van der Waals surface area (Å²) in [7, 11) is -4.34. The fraction of sp³-hybridized carbons (Fsp3) is 0.135. The highest BCUT2D eigenvalue weighted by Crippen LogP contribution is 2.41. The molecule has 5 aromatic rings. The number of rotatable bonds is 7. The number of halogens is 2. The normalized spacial score (nSPS) is 14.7. The van der Waals surface area contributed by atoms with E-state index in [1.807, 2.05) is 30.3 Å². The number of amides is 2. The fourth-order valence-electron chi connectivity index (χ4n) is 5.72. The van der Waals surface area contributed by atoms with Crippen molar-refractivity contribution in [2.24, 2.45) is 0 Å². The molecule has 2 amide bonds. The lowest BCUT2D eigenvalue weighted by atomic mass is 10.1. The van der Waals surface area contributed by atoms with Crippen LogP contribution >= 0.6 is 23.2 Å². The number of sulfone groups is 2. The first-order chi connectivity index (χ1) is 25.3. The molecule has 5 aromatic carbocycles. The predicted octanol–water partition coefficient (Wildman–Crippen LogP) is 6.77. The largest absolute Gasteiger partial charge is 0.503 e. The van der Waals surface area contributed by atoms with Gasteiger partial charge in [0.15, 0.2) is 42.7 Å². The minimum Gasteiger partial charge on any atom is -0.503 e. The van der Waals surface area contributed by atoms with Crippen molar-refractivity contribution < 1.29 is 45.7 Å². The number of carbonyl (C=O) groups is 2. The molecule has 2 aliphatic heterocycles. The van der Waals surface area contributed by atoms with E-state index < -0.39 is 43.2 Å². The number of anilines is 2. The summed E-state index contributed by atoms with van der Waals surface area (Å²) < 4.78 is 65.3. The van der Waals surface area contributed by atoms with Crippen LogP contribution in [0.3, 0.4) is 0 Å². The summed E-state index contributed by atoms with van der Waals surface area (Å²) in [5.74, 6) is -1.52. The second-order valence-electron chi connectivity index (χ2n) is 11.7. The zero-order chi connectivity index (χ0) is 38.1. The molecule has 7 rings (SSSR count). The Bertz CT molecular complexity index is 2460. The van der Waals surface area contributed by atoms with Gasteiger partial charge in [-0.25, -0.2) is 16.8 Å². The molecule has 1 N–H and O–H groups in total.